The summed E-state index contributed by atoms with van der Waals surface area (Å²) in [6.45, 7) is 23.0. The van der Waals surface area contributed by atoms with Crippen LogP contribution >= 0.6 is 10.6 Å². The molecule has 6 fully saturated rings. The van der Waals surface area contributed by atoms with Gasteiger partial charge in [0.2, 0.25) is 0 Å². The van der Waals surface area contributed by atoms with E-state index in [0.717, 1.165) is 45.3 Å². The molecule has 0 aromatic heterocycles. The number of hydrogen-bond donors (Lipinski definition) is 4. The minimum atomic E-state index is -2.36. The van der Waals surface area contributed by atoms with Crippen molar-refractivity contribution in [1.82, 2.24) is 10.2 Å². The van der Waals surface area contributed by atoms with Crippen molar-refractivity contribution in [3.05, 3.63) is 35.5 Å². The predicted molar refractivity (Wildman–Crippen MR) is 205 cm³/mol. The van der Waals surface area contributed by atoms with E-state index < -0.39 is 16.6 Å². The lowest BCUT2D eigenvalue weighted by Gasteiger charge is -2.72. The standard InChI is InChI=1S/C43H68N2O4S/c1-27(2)32-14-19-43(44-22-23-45-25-31-24-30(45)26-50(31,48)49)21-20-41(6)34(37(32)43)12-13-36-40(5)17-15-33(28-8-10-29(11-9-28)38(46)47)39(3,4)35(40)16-18-42(36,41)7/h8,15,29-32,34-37,44,48-49H,1,9-14,16-26H2,2-7H3,(H,46,47)/t29?,30-,31-,32-,34+,35-,36+,37+,40-,41+,42+,43-/m0/s1. The van der Waals surface area contributed by atoms with Crippen LogP contribution in [0.2, 0.25) is 0 Å². The number of likely N-dealkylation sites (tertiary alicyclic amines) is 1. The molecule has 1 unspecified atom stereocenters. The van der Waals surface area contributed by atoms with Crippen molar-refractivity contribution in [2.45, 2.75) is 142 Å². The third kappa shape index (κ3) is 5.04. The molecule has 8 aliphatic rings. The van der Waals surface area contributed by atoms with Crippen LogP contribution in [0.15, 0.2) is 35.5 Å². The van der Waals surface area contributed by atoms with Crippen LogP contribution < -0.4 is 5.32 Å². The zero-order chi connectivity index (χ0) is 35.6. The molecule has 2 bridgehead atoms. The summed E-state index contributed by atoms with van der Waals surface area (Å²) in [6.07, 6.45) is 19.8. The Labute approximate surface area is 304 Å². The van der Waals surface area contributed by atoms with Crippen molar-refractivity contribution in [2.24, 2.45) is 57.2 Å². The predicted octanol–water partition coefficient (Wildman–Crippen LogP) is 9.54. The highest BCUT2D eigenvalue weighted by molar-refractivity contribution is 8.25. The average Bonchev–Trinajstić information content (AvgIpc) is 3.72. The molecule has 0 spiro atoms. The second-order valence-electron chi connectivity index (χ2n) is 20.2. The third-order valence-electron chi connectivity index (χ3n) is 18.1. The maximum Gasteiger partial charge on any atom is 0.306 e. The van der Waals surface area contributed by atoms with Crippen molar-refractivity contribution < 1.29 is 19.0 Å². The number of carbonyl (C=O) groups is 1. The van der Waals surface area contributed by atoms with Crippen LogP contribution in [0.3, 0.4) is 0 Å². The zero-order valence-corrected chi connectivity index (χ0v) is 32.9. The number of rotatable bonds is 7. The van der Waals surface area contributed by atoms with Gasteiger partial charge in [0.05, 0.1) is 16.9 Å². The molecule has 6 aliphatic carbocycles. The van der Waals surface area contributed by atoms with E-state index in [1.807, 2.05) is 0 Å². The number of nitrogens with zero attached hydrogens (tertiary/aromatic N) is 1. The minimum absolute atomic E-state index is 0.0914. The Morgan fingerprint density at radius 2 is 1.76 bits per heavy atom. The fraction of sp³-hybridized carbons (Fsp3) is 0.837. The normalized spacial score (nSPS) is 49.5. The average molecular weight is 709 g/mol. The molecule has 50 heavy (non-hydrogen) atoms. The maximum atomic E-state index is 11.7. The molecule has 0 aromatic carbocycles. The summed E-state index contributed by atoms with van der Waals surface area (Å²) in [5.74, 6) is 3.04. The molecule has 12 atom stereocenters. The van der Waals surface area contributed by atoms with Crippen molar-refractivity contribution in [1.29, 1.82) is 0 Å². The third-order valence-corrected chi connectivity index (χ3v) is 20.4. The number of hydrogen-bond acceptors (Lipinski definition) is 5. The van der Waals surface area contributed by atoms with Crippen LogP contribution in [0.25, 0.3) is 0 Å². The molecule has 0 radical (unpaired) electrons. The first kappa shape index (κ1) is 35.9. The van der Waals surface area contributed by atoms with Crippen LogP contribution in [0.4, 0.5) is 0 Å². The number of fused-ring (bicyclic) bond motifs is 9. The van der Waals surface area contributed by atoms with E-state index in [0.29, 0.717) is 58.6 Å². The largest absolute Gasteiger partial charge is 0.481 e. The molecule has 280 valence electrons. The number of nitrogens with one attached hydrogen (secondary N) is 1. The van der Waals surface area contributed by atoms with E-state index in [9.17, 15) is 19.0 Å². The van der Waals surface area contributed by atoms with E-state index >= 15 is 0 Å². The van der Waals surface area contributed by atoms with Gasteiger partial charge in [-0.05, 0) is 153 Å². The Kier molecular flexibility index (Phi) is 8.57. The van der Waals surface area contributed by atoms with Crippen LogP contribution in [0.5, 0.6) is 0 Å². The second kappa shape index (κ2) is 11.9. The summed E-state index contributed by atoms with van der Waals surface area (Å²) >= 11 is 0. The summed E-state index contributed by atoms with van der Waals surface area (Å²) in [7, 11) is -2.36. The van der Waals surface area contributed by atoms with Gasteiger partial charge in [-0.2, -0.15) is 10.6 Å². The van der Waals surface area contributed by atoms with Crippen molar-refractivity contribution >= 4 is 16.6 Å². The summed E-state index contributed by atoms with van der Waals surface area (Å²) in [4.78, 5) is 14.2. The van der Waals surface area contributed by atoms with Crippen molar-refractivity contribution in [2.75, 3.05) is 25.4 Å². The monoisotopic (exact) mass is 708 g/mol. The topological polar surface area (TPSA) is 93.0 Å². The van der Waals surface area contributed by atoms with E-state index in [1.54, 1.807) is 0 Å². The molecule has 2 heterocycles. The number of carboxylic acids is 1. The summed E-state index contributed by atoms with van der Waals surface area (Å²) in [5.41, 5.74) is 5.56. The van der Waals surface area contributed by atoms with E-state index in [2.05, 4.69) is 70.5 Å². The van der Waals surface area contributed by atoms with Crippen LogP contribution in [-0.2, 0) is 4.79 Å². The van der Waals surface area contributed by atoms with Gasteiger partial charge in [0.25, 0.3) is 0 Å². The molecule has 8 rings (SSSR count). The lowest BCUT2D eigenvalue weighted by atomic mass is 9.33. The van der Waals surface area contributed by atoms with Gasteiger partial charge in [0.1, 0.15) is 0 Å². The van der Waals surface area contributed by atoms with Crippen molar-refractivity contribution in [3.8, 4) is 0 Å². The molecule has 2 aliphatic heterocycles. The fourth-order valence-electron chi connectivity index (χ4n) is 15.4. The highest BCUT2D eigenvalue weighted by Crippen LogP contribution is 2.76. The number of allylic oxidation sites excluding steroid dienone is 5. The highest BCUT2D eigenvalue weighted by Gasteiger charge is 2.70. The maximum absolute atomic E-state index is 11.7. The summed E-state index contributed by atoms with van der Waals surface area (Å²) < 4.78 is 20.9. The molecule has 2 saturated heterocycles. The molecule has 0 aromatic rings. The van der Waals surface area contributed by atoms with Gasteiger partial charge in [0.15, 0.2) is 0 Å². The van der Waals surface area contributed by atoms with Gasteiger partial charge in [-0.15, -0.1) is 0 Å². The molecule has 7 heteroatoms. The minimum Gasteiger partial charge on any atom is -0.481 e. The Balaban J connectivity index is 1.03. The van der Waals surface area contributed by atoms with Gasteiger partial charge >= 0.3 is 5.97 Å². The second-order valence-corrected chi connectivity index (χ2v) is 22.7. The summed E-state index contributed by atoms with van der Waals surface area (Å²) in [5, 5.41) is 14.0. The fourth-order valence-corrected chi connectivity index (χ4v) is 17.6. The van der Waals surface area contributed by atoms with Crippen LogP contribution in [0, 0.1) is 57.2 Å². The van der Waals surface area contributed by atoms with E-state index in [-0.39, 0.29) is 27.5 Å². The SMILES string of the molecule is C=C(C)[C@@H]1CC[C@]2(NCCN3C[C@@H]4C[C@H]3CS4(O)O)CC[C@]3(C)[C@H](CC[C@@H]4[C@@]5(C)CC=C(C6=CCC(C(=O)O)CC6)C(C)(C)[C@@H]5CC[C@]43C)[C@@H]12. The Hall–Kier alpha value is -1.12. The first-order valence-electron chi connectivity index (χ1n) is 20.5. The quantitative estimate of drug-likeness (QED) is 0.197. The van der Waals surface area contributed by atoms with Crippen LogP contribution in [-0.4, -0.2) is 67.3 Å². The molecular formula is C43H68N2O4S. The van der Waals surface area contributed by atoms with Gasteiger partial charge in [-0.1, -0.05) is 58.9 Å². The lowest BCUT2D eigenvalue weighted by Crippen LogP contribution is -2.68. The van der Waals surface area contributed by atoms with E-state index in [1.165, 1.54) is 68.1 Å². The zero-order valence-electron chi connectivity index (χ0n) is 32.1. The molecule has 4 N–H and O–H groups in total. The Bertz CT molecular complexity index is 1490. The van der Waals surface area contributed by atoms with Gasteiger partial charge in [0, 0.05) is 31.2 Å². The Morgan fingerprint density at radius 1 is 0.980 bits per heavy atom. The summed E-state index contributed by atoms with van der Waals surface area (Å²) in [6, 6.07) is 0.354. The van der Waals surface area contributed by atoms with Crippen LogP contribution in [0.1, 0.15) is 125 Å². The number of aliphatic carboxylic acids is 1. The van der Waals surface area contributed by atoms with E-state index in [4.69, 9.17) is 0 Å². The lowest BCUT2D eigenvalue weighted by molar-refractivity contribution is -0.221. The van der Waals surface area contributed by atoms with Crippen molar-refractivity contribution in [3.63, 3.8) is 0 Å². The molecular weight excluding hydrogens is 641 g/mol. The first-order chi connectivity index (χ1) is 23.5. The van der Waals surface area contributed by atoms with Gasteiger partial charge in [-0.25, -0.2) is 0 Å². The molecule has 4 saturated carbocycles. The molecule has 6 nitrogen and oxygen atoms in total. The smallest absolute Gasteiger partial charge is 0.306 e. The number of carboxylic acid groups (broad SMARTS) is 1. The first-order valence-corrected chi connectivity index (χ1v) is 22.3. The van der Waals surface area contributed by atoms with Gasteiger partial charge in [-0.3, -0.25) is 18.8 Å². The molecule has 0 amide bonds. The Morgan fingerprint density at radius 3 is 2.40 bits per heavy atom. The van der Waals surface area contributed by atoms with Gasteiger partial charge < -0.3 is 10.4 Å². The highest BCUT2D eigenvalue weighted by atomic mass is 32.3.